The lowest BCUT2D eigenvalue weighted by Gasteiger charge is -2.31. The third kappa shape index (κ3) is 3.67. The molecule has 0 aliphatic carbocycles. The first-order valence-electron chi connectivity index (χ1n) is 7.51. The molecule has 1 N–H and O–H groups in total. The lowest BCUT2D eigenvalue weighted by atomic mass is 10.0. The fourth-order valence-corrected chi connectivity index (χ4v) is 2.52. The van der Waals surface area contributed by atoms with E-state index in [0.717, 1.165) is 11.8 Å². The van der Waals surface area contributed by atoms with Crippen LogP contribution < -0.4 is 4.74 Å². The molecular formula is C19H18O4. The van der Waals surface area contributed by atoms with Gasteiger partial charge in [0.05, 0.1) is 6.61 Å². The molecule has 0 bridgehead atoms. The van der Waals surface area contributed by atoms with Crippen LogP contribution in [0.4, 0.5) is 0 Å². The maximum atomic E-state index is 10.7. The molecule has 0 unspecified atom stereocenters. The van der Waals surface area contributed by atoms with Crippen LogP contribution in [0.2, 0.25) is 0 Å². The van der Waals surface area contributed by atoms with E-state index in [2.05, 4.69) is 0 Å². The molecule has 3 atom stereocenters. The van der Waals surface area contributed by atoms with E-state index in [1.807, 2.05) is 42.5 Å². The third-order valence-electron chi connectivity index (χ3n) is 3.76. The van der Waals surface area contributed by atoms with Gasteiger partial charge in [0.15, 0.2) is 0 Å². The Labute approximate surface area is 135 Å². The van der Waals surface area contributed by atoms with E-state index in [0.29, 0.717) is 11.3 Å². The highest BCUT2D eigenvalue weighted by atomic mass is 16.6. The van der Waals surface area contributed by atoms with Crippen LogP contribution in [0.25, 0.3) is 0 Å². The van der Waals surface area contributed by atoms with Gasteiger partial charge in [0.1, 0.15) is 30.3 Å². The van der Waals surface area contributed by atoms with Crippen molar-refractivity contribution in [2.24, 2.45) is 0 Å². The van der Waals surface area contributed by atoms with E-state index < -0.39 is 6.10 Å². The van der Waals surface area contributed by atoms with E-state index in [9.17, 15) is 9.90 Å². The van der Waals surface area contributed by atoms with Crippen LogP contribution in [0, 0.1) is 0 Å². The summed E-state index contributed by atoms with van der Waals surface area (Å²) < 4.78 is 11.8. The van der Waals surface area contributed by atoms with Crippen LogP contribution in [0.3, 0.4) is 0 Å². The average molecular weight is 310 g/mol. The molecule has 2 aromatic carbocycles. The maximum Gasteiger partial charge on any atom is 0.150 e. The van der Waals surface area contributed by atoms with E-state index in [1.165, 1.54) is 0 Å². The monoisotopic (exact) mass is 310 g/mol. The van der Waals surface area contributed by atoms with Crippen LogP contribution in [0.15, 0.2) is 66.7 Å². The van der Waals surface area contributed by atoms with E-state index >= 15 is 0 Å². The Bertz CT molecular complexity index is 664. The standard InChI is InChI=1S/C19H18O4/c20-12-14-6-8-16(9-7-14)22-18-11-10-17(23-19(18)13-21)15-4-2-1-3-5-15/h1-12,17-19,21H,13H2/t17-,18-,19+/m0/s1. The number of hydrogen-bond donors (Lipinski definition) is 1. The molecule has 0 saturated carbocycles. The van der Waals surface area contributed by atoms with Gasteiger partial charge >= 0.3 is 0 Å². The number of ether oxygens (including phenoxy) is 2. The van der Waals surface area contributed by atoms with Crippen LogP contribution >= 0.6 is 0 Å². The number of aliphatic hydroxyl groups is 1. The lowest BCUT2D eigenvalue weighted by molar-refractivity contribution is -0.0731. The molecular weight excluding hydrogens is 292 g/mol. The van der Waals surface area contributed by atoms with E-state index in [4.69, 9.17) is 9.47 Å². The Balaban J connectivity index is 1.73. The predicted octanol–water partition coefficient (Wildman–Crippen LogP) is 2.94. The molecule has 0 fully saturated rings. The zero-order chi connectivity index (χ0) is 16.1. The van der Waals surface area contributed by atoms with Crippen LogP contribution in [-0.2, 0) is 4.74 Å². The van der Waals surface area contributed by atoms with Gasteiger partial charge < -0.3 is 14.6 Å². The van der Waals surface area contributed by atoms with Gasteiger partial charge in [-0.2, -0.15) is 0 Å². The average Bonchev–Trinajstić information content (AvgIpc) is 2.63. The van der Waals surface area contributed by atoms with E-state index in [1.54, 1.807) is 24.3 Å². The highest BCUT2D eigenvalue weighted by Crippen LogP contribution is 2.28. The fourth-order valence-electron chi connectivity index (χ4n) is 2.52. The molecule has 3 rings (SSSR count). The molecule has 0 aromatic heterocycles. The number of hydrogen-bond acceptors (Lipinski definition) is 4. The predicted molar refractivity (Wildman–Crippen MR) is 86.5 cm³/mol. The van der Waals surface area contributed by atoms with Crippen molar-refractivity contribution in [3.63, 3.8) is 0 Å². The van der Waals surface area contributed by atoms with Crippen molar-refractivity contribution in [1.82, 2.24) is 0 Å². The Morgan fingerprint density at radius 2 is 1.78 bits per heavy atom. The Morgan fingerprint density at radius 3 is 2.43 bits per heavy atom. The van der Waals surface area contributed by atoms with Gasteiger partial charge in [-0.15, -0.1) is 0 Å². The van der Waals surface area contributed by atoms with Gasteiger partial charge in [0, 0.05) is 5.56 Å². The summed E-state index contributed by atoms with van der Waals surface area (Å²) >= 11 is 0. The second kappa shape index (κ2) is 7.22. The van der Waals surface area contributed by atoms with Gasteiger partial charge in [-0.05, 0) is 35.9 Å². The first-order chi connectivity index (χ1) is 11.3. The fraction of sp³-hybridized carbons (Fsp3) is 0.211. The summed E-state index contributed by atoms with van der Waals surface area (Å²) in [5.41, 5.74) is 1.63. The Morgan fingerprint density at radius 1 is 1.04 bits per heavy atom. The number of rotatable bonds is 5. The summed E-state index contributed by atoms with van der Waals surface area (Å²) in [7, 11) is 0. The molecule has 0 amide bonds. The van der Waals surface area contributed by atoms with Crippen molar-refractivity contribution in [3.8, 4) is 5.75 Å². The minimum Gasteiger partial charge on any atom is -0.484 e. The summed E-state index contributed by atoms with van der Waals surface area (Å²) in [4.78, 5) is 10.7. The smallest absolute Gasteiger partial charge is 0.150 e. The van der Waals surface area contributed by atoms with Crippen LogP contribution in [0.1, 0.15) is 22.0 Å². The number of benzene rings is 2. The Hall–Kier alpha value is -2.43. The van der Waals surface area contributed by atoms with Gasteiger partial charge in [-0.25, -0.2) is 0 Å². The second-order valence-corrected chi connectivity index (χ2v) is 5.34. The van der Waals surface area contributed by atoms with Crippen molar-refractivity contribution >= 4 is 6.29 Å². The quantitative estimate of drug-likeness (QED) is 0.681. The Kier molecular flexibility index (Phi) is 4.86. The SMILES string of the molecule is O=Cc1ccc(O[C@H]2C=C[C@@H](c3ccccc3)O[C@@H]2CO)cc1. The zero-order valence-corrected chi connectivity index (χ0v) is 12.5. The summed E-state index contributed by atoms with van der Waals surface area (Å²) in [6, 6.07) is 16.7. The number of carbonyl (C=O) groups is 1. The van der Waals surface area contributed by atoms with Crippen molar-refractivity contribution in [1.29, 1.82) is 0 Å². The van der Waals surface area contributed by atoms with Crippen molar-refractivity contribution in [2.45, 2.75) is 18.3 Å². The summed E-state index contributed by atoms with van der Waals surface area (Å²) in [5, 5.41) is 9.60. The number of aldehydes is 1. The number of aliphatic hydroxyl groups excluding tert-OH is 1. The second-order valence-electron chi connectivity index (χ2n) is 5.34. The molecule has 1 heterocycles. The molecule has 118 valence electrons. The van der Waals surface area contributed by atoms with Crippen LogP contribution in [-0.4, -0.2) is 30.2 Å². The molecule has 1 aliphatic rings. The van der Waals surface area contributed by atoms with Crippen LogP contribution in [0.5, 0.6) is 5.75 Å². The molecule has 23 heavy (non-hydrogen) atoms. The van der Waals surface area contributed by atoms with Gasteiger partial charge in [0.2, 0.25) is 0 Å². The van der Waals surface area contributed by atoms with Crippen molar-refractivity contribution < 1.29 is 19.4 Å². The minimum absolute atomic E-state index is 0.134. The maximum absolute atomic E-state index is 10.7. The first kappa shape index (κ1) is 15.5. The van der Waals surface area contributed by atoms with Gasteiger partial charge in [0.25, 0.3) is 0 Å². The summed E-state index contributed by atoms with van der Waals surface area (Å²) in [6.07, 6.45) is 3.62. The minimum atomic E-state index is -0.448. The third-order valence-corrected chi connectivity index (χ3v) is 3.76. The van der Waals surface area contributed by atoms with Gasteiger partial charge in [-0.1, -0.05) is 36.4 Å². The molecule has 1 aliphatic heterocycles. The van der Waals surface area contributed by atoms with Crippen molar-refractivity contribution in [3.05, 3.63) is 77.9 Å². The lowest BCUT2D eigenvalue weighted by Crippen LogP contribution is -2.39. The molecule has 0 spiro atoms. The van der Waals surface area contributed by atoms with Gasteiger partial charge in [-0.3, -0.25) is 4.79 Å². The molecule has 0 radical (unpaired) electrons. The molecule has 0 saturated heterocycles. The normalized spacial score (nSPS) is 23.4. The largest absolute Gasteiger partial charge is 0.484 e. The summed E-state index contributed by atoms with van der Waals surface area (Å²) in [6.45, 7) is -0.134. The molecule has 2 aromatic rings. The molecule has 4 nitrogen and oxygen atoms in total. The highest BCUT2D eigenvalue weighted by molar-refractivity contribution is 5.74. The highest BCUT2D eigenvalue weighted by Gasteiger charge is 2.28. The first-order valence-corrected chi connectivity index (χ1v) is 7.51. The number of carbonyl (C=O) groups excluding carboxylic acids is 1. The van der Waals surface area contributed by atoms with E-state index in [-0.39, 0.29) is 18.8 Å². The summed E-state index contributed by atoms with van der Waals surface area (Å²) in [5.74, 6) is 0.630. The zero-order valence-electron chi connectivity index (χ0n) is 12.5. The van der Waals surface area contributed by atoms with Crippen molar-refractivity contribution in [2.75, 3.05) is 6.61 Å². The topological polar surface area (TPSA) is 55.8 Å². The molecule has 4 heteroatoms.